The van der Waals surface area contributed by atoms with E-state index in [1.807, 2.05) is 26.8 Å². The molecule has 21 heavy (non-hydrogen) atoms. The van der Waals surface area contributed by atoms with Gasteiger partial charge in [0.2, 0.25) is 5.91 Å². The predicted molar refractivity (Wildman–Crippen MR) is 78.6 cm³/mol. The van der Waals surface area contributed by atoms with Crippen LogP contribution in [0, 0.1) is 30.6 Å². The van der Waals surface area contributed by atoms with Gasteiger partial charge in [0.1, 0.15) is 0 Å². The van der Waals surface area contributed by atoms with E-state index >= 15 is 0 Å². The molecule has 1 amide bonds. The van der Waals surface area contributed by atoms with E-state index in [0.717, 1.165) is 11.1 Å². The van der Waals surface area contributed by atoms with Crippen molar-refractivity contribution in [3.63, 3.8) is 0 Å². The van der Waals surface area contributed by atoms with E-state index in [-0.39, 0.29) is 17.7 Å². The first kappa shape index (κ1) is 15.5. The van der Waals surface area contributed by atoms with Crippen LogP contribution < -0.4 is 5.32 Å². The molecule has 1 aromatic heterocycles. The van der Waals surface area contributed by atoms with Crippen molar-refractivity contribution in [1.82, 2.24) is 10.3 Å². The first-order valence-electron chi connectivity index (χ1n) is 7.33. The zero-order valence-electron chi connectivity index (χ0n) is 12.7. The zero-order valence-corrected chi connectivity index (χ0v) is 12.7. The number of rotatable bonds is 5. The largest absolute Gasteiger partial charge is 0.481 e. The van der Waals surface area contributed by atoms with Crippen LogP contribution in [0.15, 0.2) is 18.5 Å². The summed E-state index contributed by atoms with van der Waals surface area (Å²) >= 11 is 0. The molecule has 1 aliphatic carbocycles. The van der Waals surface area contributed by atoms with Crippen LogP contribution >= 0.6 is 0 Å². The lowest BCUT2D eigenvalue weighted by atomic mass is 9.57. The standard InChI is InChI=1S/C16H22N2O3/c1-9-4-6-17-8-12(9)5-7-18-15(19)13-10(2)11(3)14(13)16(20)21/h4,6,8,10-11,13-14H,5,7H2,1-3H3,(H,18,19)(H,20,21)/t10?,11?,13-,14+/m0/s1. The second-order valence-corrected chi connectivity index (χ2v) is 5.95. The molecule has 0 spiro atoms. The van der Waals surface area contributed by atoms with Gasteiger partial charge < -0.3 is 10.4 Å². The number of amides is 1. The lowest BCUT2D eigenvalue weighted by Gasteiger charge is -2.45. The van der Waals surface area contributed by atoms with Gasteiger partial charge in [-0.25, -0.2) is 0 Å². The second-order valence-electron chi connectivity index (χ2n) is 5.95. The van der Waals surface area contributed by atoms with Crippen molar-refractivity contribution in [2.45, 2.75) is 27.2 Å². The van der Waals surface area contributed by atoms with Crippen molar-refractivity contribution in [2.24, 2.45) is 23.7 Å². The molecule has 2 N–H and O–H groups in total. The second kappa shape index (κ2) is 6.24. The minimum atomic E-state index is -0.871. The first-order valence-corrected chi connectivity index (χ1v) is 7.33. The average Bonchev–Trinajstić information content (AvgIpc) is 2.44. The van der Waals surface area contributed by atoms with Crippen molar-refractivity contribution in [2.75, 3.05) is 6.54 Å². The Kier molecular flexibility index (Phi) is 4.60. The molecule has 4 atom stereocenters. The van der Waals surface area contributed by atoms with Crippen LogP contribution in [0.3, 0.4) is 0 Å². The number of carbonyl (C=O) groups is 2. The van der Waals surface area contributed by atoms with Crippen LogP contribution in [0.5, 0.6) is 0 Å². The SMILES string of the molecule is Cc1ccncc1CCNC(=O)[C@H]1C(C)C(C)[C@H]1C(=O)O. The molecule has 2 rings (SSSR count). The lowest BCUT2D eigenvalue weighted by Crippen LogP contribution is -2.55. The molecule has 2 unspecified atom stereocenters. The Morgan fingerprint density at radius 2 is 1.95 bits per heavy atom. The van der Waals surface area contributed by atoms with Gasteiger partial charge >= 0.3 is 5.97 Å². The van der Waals surface area contributed by atoms with Crippen molar-refractivity contribution in [1.29, 1.82) is 0 Å². The van der Waals surface area contributed by atoms with E-state index in [9.17, 15) is 14.7 Å². The van der Waals surface area contributed by atoms with Crippen molar-refractivity contribution in [3.05, 3.63) is 29.6 Å². The normalized spacial score (nSPS) is 27.8. The number of aliphatic carboxylic acids is 1. The number of aryl methyl sites for hydroxylation is 1. The van der Waals surface area contributed by atoms with Crippen LogP contribution in [0.25, 0.3) is 0 Å². The molecule has 114 valence electrons. The summed E-state index contributed by atoms with van der Waals surface area (Å²) in [7, 11) is 0. The Morgan fingerprint density at radius 3 is 2.57 bits per heavy atom. The highest BCUT2D eigenvalue weighted by atomic mass is 16.4. The van der Waals surface area contributed by atoms with Gasteiger partial charge in [-0.15, -0.1) is 0 Å². The fourth-order valence-corrected chi connectivity index (χ4v) is 3.14. The highest BCUT2D eigenvalue weighted by molar-refractivity contribution is 5.87. The van der Waals surface area contributed by atoms with Crippen molar-refractivity contribution < 1.29 is 14.7 Å². The Labute approximate surface area is 124 Å². The third-order valence-electron chi connectivity index (χ3n) is 4.78. The topological polar surface area (TPSA) is 79.3 Å². The Bertz CT molecular complexity index is 544. The summed E-state index contributed by atoms with van der Waals surface area (Å²) < 4.78 is 0. The highest BCUT2D eigenvalue weighted by Gasteiger charge is 2.52. The fraction of sp³-hybridized carbons (Fsp3) is 0.562. The van der Waals surface area contributed by atoms with Crippen LogP contribution in [0.4, 0.5) is 0 Å². The maximum Gasteiger partial charge on any atom is 0.307 e. The molecule has 0 aromatic carbocycles. The highest BCUT2D eigenvalue weighted by Crippen LogP contribution is 2.45. The molecule has 0 bridgehead atoms. The molecule has 5 heteroatoms. The number of nitrogens with zero attached hydrogens (tertiary/aromatic N) is 1. The maximum atomic E-state index is 12.2. The number of pyridine rings is 1. The quantitative estimate of drug-likeness (QED) is 0.864. The number of nitrogens with one attached hydrogen (secondary N) is 1. The third kappa shape index (κ3) is 3.06. The number of carboxylic acids is 1. The zero-order chi connectivity index (χ0) is 15.6. The molecule has 1 aromatic rings. The summed E-state index contributed by atoms with van der Waals surface area (Å²) in [6, 6.07) is 1.94. The molecule has 1 heterocycles. The van der Waals surface area contributed by atoms with E-state index in [4.69, 9.17) is 0 Å². The van der Waals surface area contributed by atoms with Gasteiger partial charge in [0.05, 0.1) is 11.8 Å². The number of carboxylic acid groups (broad SMARTS) is 1. The van der Waals surface area contributed by atoms with Gasteiger partial charge in [-0.05, 0) is 42.4 Å². The summed E-state index contributed by atoms with van der Waals surface area (Å²) in [6.45, 7) is 6.36. The summed E-state index contributed by atoms with van der Waals surface area (Å²) in [6.07, 6.45) is 4.25. The molecule has 1 saturated carbocycles. The monoisotopic (exact) mass is 290 g/mol. The molecule has 1 fully saturated rings. The summed E-state index contributed by atoms with van der Waals surface area (Å²) in [4.78, 5) is 27.5. The molecule has 1 aliphatic rings. The predicted octanol–water partition coefficient (Wildman–Crippen LogP) is 1.65. The van der Waals surface area contributed by atoms with Crippen molar-refractivity contribution in [3.8, 4) is 0 Å². The van der Waals surface area contributed by atoms with Gasteiger partial charge in [-0.2, -0.15) is 0 Å². The van der Waals surface area contributed by atoms with Gasteiger partial charge in [-0.3, -0.25) is 14.6 Å². The van der Waals surface area contributed by atoms with E-state index in [0.29, 0.717) is 13.0 Å². The molecule has 0 saturated heterocycles. The molecule has 5 nitrogen and oxygen atoms in total. The minimum absolute atomic E-state index is 0.0545. The third-order valence-corrected chi connectivity index (χ3v) is 4.78. The van der Waals surface area contributed by atoms with E-state index in [1.165, 1.54) is 0 Å². The van der Waals surface area contributed by atoms with E-state index in [2.05, 4.69) is 10.3 Å². The summed E-state index contributed by atoms with van der Waals surface area (Å²) in [5.74, 6) is -1.81. The number of aromatic nitrogens is 1. The Morgan fingerprint density at radius 1 is 1.29 bits per heavy atom. The molecular formula is C16H22N2O3. The molecular weight excluding hydrogens is 268 g/mol. The summed E-state index contributed by atoms with van der Waals surface area (Å²) in [5, 5.41) is 12.1. The summed E-state index contributed by atoms with van der Waals surface area (Å²) in [5.41, 5.74) is 2.25. The van der Waals surface area contributed by atoms with Crippen LogP contribution in [0.2, 0.25) is 0 Å². The fourth-order valence-electron chi connectivity index (χ4n) is 3.14. The van der Waals surface area contributed by atoms with Gasteiger partial charge in [-0.1, -0.05) is 13.8 Å². The van der Waals surface area contributed by atoms with Crippen LogP contribution in [-0.4, -0.2) is 28.5 Å². The van der Waals surface area contributed by atoms with Crippen LogP contribution in [-0.2, 0) is 16.0 Å². The van der Waals surface area contributed by atoms with Crippen molar-refractivity contribution >= 4 is 11.9 Å². The van der Waals surface area contributed by atoms with Gasteiger partial charge in [0.15, 0.2) is 0 Å². The van der Waals surface area contributed by atoms with Gasteiger partial charge in [0, 0.05) is 18.9 Å². The average molecular weight is 290 g/mol. The minimum Gasteiger partial charge on any atom is -0.481 e. The number of hydrogen-bond acceptors (Lipinski definition) is 3. The Hall–Kier alpha value is -1.91. The van der Waals surface area contributed by atoms with E-state index in [1.54, 1.807) is 12.4 Å². The first-order chi connectivity index (χ1) is 9.93. The molecule has 0 aliphatic heterocycles. The van der Waals surface area contributed by atoms with Crippen LogP contribution in [0.1, 0.15) is 25.0 Å². The smallest absolute Gasteiger partial charge is 0.307 e. The lowest BCUT2D eigenvalue weighted by molar-refractivity contribution is -0.163. The Balaban J connectivity index is 1.88. The number of hydrogen-bond donors (Lipinski definition) is 2. The van der Waals surface area contributed by atoms with E-state index < -0.39 is 17.8 Å². The number of carbonyl (C=O) groups excluding carboxylic acids is 1. The maximum absolute atomic E-state index is 12.2. The van der Waals surface area contributed by atoms with Gasteiger partial charge in [0.25, 0.3) is 0 Å². The molecule has 0 radical (unpaired) electrons.